The first-order chi connectivity index (χ1) is 18.2. The second-order valence-electron chi connectivity index (χ2n) is 8.22. The SMILES string of the molecule is CCCOC(=O)c1cc(NC(=O)CN2C(=O)S/C(=C\c3ccc(Sc4ccc(C)cc4)o3)C2=O)ccc1Cl. The van der Waals surface area contributed by atoms with E-state index in [1.54, 1.807) is 12.1 Å². The van der Waals surface area contributed by atoms with Crippen molar-refractivity contribution in [3.8, 4) is 0 Å². The van der Waals surface area contributed by atoms with Gasteiger partial charge < -0.3 is 14.5 Å². The zero-order valence-corrected chi connectivity index (χ0v) is 22.9. The number of nitrogens with one attached hydrogen (secondary N) is 1. The molecule has 1 aliphatic rings. The van der Waals surface area contributed by atoms with Gasteiger partial charge in [0.15, 0.2) is 5.09 Å². The van der Waals surface area contributed by atoms with E-state index in [1.807, 2.05) is 38.1 Å². The Morgan fingerprint density at radius 2 is 1.89 bits per heavy atom. The van der Waals surface area contributed by atoms with Gasteiger partial charge in [-0.15, -0.1) is 0 Å². The van der Waals surface area contributed by atoms with Crippen molar-refractivity contribution in [3.63, 3.8) is 0 Å². The molecule has 8 nitrogen and oxygen atoms in total. The monoisotopic (exact) mass is 570 g/mol. The minimum Gasteiger partial charge on any atom is -0.462 e. The molecule has 3 amide bonds. The Labute approximate surface area is 232 Å². The molecule has 196 valence electrons. The van der Waals surface area contributed by atoms with Crippen molar-refractivity contribution in [2.75, 3.05) is 18.5 Å². The second kappa shape index (κ2) is 12.4. The van der Waals surface area contributed by atoms with Gasteiger partial charge in [0.1, 0.15) is 12.3 Å². The number of ether oxygens (including phenoxy) is 1. The third-order valence-corrected chi connectivity index (χ3v) is 7.36. The highest BCUT2D eigenvalue weighted by Gasteiger charge is 2.36. The number of esters is 1. The first-order valence-corrected chi connectivity index (χ1v) is 13.6. The van der Waals surface area contributed by atoms with Crippen LogP contribution in [0, 0.1) is 6.92 Å². The summed E-state index contributed by atoms with van der Waals surface area (Å²) in [6.07, 6.45) is 2.13. The Hall–Kier alpha value is -3.47. The van der Waals surface area contributed by atoms with Gasteiger partial charge in [0.25, 0.3) is 11.1 Å². The molecule has 1 N–H and O–H groups in total. The highest BCUT2D eigenvalue weighted by atomic mass is 35.5. The number of hydrogen-bond donors (Lipinski definition) is 1. The van der Waals surface area contributed by atoms with Crippen LogP contribution in [-0.2, 0) is 14.3 Å². The van der Waals surface area contributed by atoms with Gasteiger partial charge in [-0.2, -0.15) is 0 Å². The Kier molecular flexibility index (Phi) is 8.98. The number of carbonyl (C=O) groups excluding carboxylic acids is 4. The van der Waals surface area contributed by atoms with Gasteiger partial charge >= 0.3 is 5.97 Å². The molecule has 0 bridgehead atoms. The summed E-state index contributed by atoms with van der Waals surface area (Å²) in [5, 5.41) is 2.83. The molecule has 11 heteroatoms. The lowest BCUT2D eigenvalue weighted by Crippen LogP contribution is -2.36. The van der Waals surface area contributed by atoms with Gasteiger partial charge in [-0.25, -0.2) is 4.79 Å². The van der Waals surface area contributed by atoms with Crippen LogP contribution < -0.4 is 5.32 Å². The average Bonchev–Trinajstić information content (AvgIpc) is 3.44. The number of thioether (sulfide) groups is 1. The Bertz CT molecular complexity index is 1420. The van der Waals surface area contributed by atoms with Crippen LogP contribution in [0.1, 0.15) is 35.0 Å². The molecule has 0 unspecified atom stereocenters. The minimum atomic E-state index is -0.612. The number of amides is 3. The van der Waals surface area contributed by atoms with E-state index in [-0.39, 0.29) is 27.8 Å². The molecule has 0 saturated carbocycles. The topological polar surface area (TPSA) is 106 Å². The largest absolute Gasteiger partial charge is 0.462 e. The number of carbonyl (C=O) groups is 4. The summed E-state index contributed by atoms with van der Waals surface area (Å²) < 4.78 is 10.9. The highest BCUT2D eigenvalue weighted by molar-refractivity contribution is 8.18. The molecular formula is C27H23ClN2O6S2. The molecule has 1 aliphatic heterocycles. The molecule has 0 spiro atoms. The summed E-state index contributed by atoms with van der Waals surface area (Å²) >= 11 is 8.25. The number of benzene rings is 2. The molecule has 0 aliphatic carbocycles. The maximum atomic E-state index is 12.8. The van der Waals surface area contributed by atoms with E-state index in [4.69, 9.17) is 20.8 Å². The molecule has 2 aromatic carbocycles. The maximum absolute atomic E-state index is 12.8. The number of rotatable bonds is 9. The number of imide groups is 1. The number of furan rings is 1. The van der Waals surface area contributed by atoms with Crippen LogP contribution in [0.25, 0.3) is 6.08 Å². The van der Waals surface area contributed by atoms with Crippen molar-refractivity contribution in [2.24, 2.45) is 0 Å². The molecule has 3 aromatic rings. The summed E-state index contributed by atoms with van der Waals surface area (Å²) in [6.45, 7) is 3.62. The van der Waals surface area contributed by atoms with Gasteiger partial charge in [-0.3, -0.25) is 19.3 Å². The Morgan fingerprint density at radius 1 is 1.13 bits per heavy atom. The van der Waals surface area contributed by atoms with E-state index in [2.05, 4.69) is 5.32 Å². The quantitative estimate of drug-likeness (QED) is 0.225. The lowest BCUT2D eigenvalue weighted by Gasteiger charge is -2.13. The standard InChI is InChI=1S/C27H23ClN2O6S2/c1-3-12-35-26(33)20-13-17(6-10-21(20)28)29-23(31)15-30-25(32)22(38-27(30)34)14-18-7-11-24(36-18)37-19-8-4-16(2)5-9-19/h4-11,13-14H,3,12,15H2,1-2H3,(H,29,31)/b22-14-. The molecule has 0 radical (unpaired) electrons. The van der Waals surface area contributed by atoms with Crippen LogP contribution >= 0.6 is 35.1 Å². The van der Waals surface area contributed by atoms with Crippen LogP contribution in [0.4, 0.5) is 10.5 Å². The molecule has 2 heterocycles. The van der Waals surface area contributed by atoms with E-state index in [1.165, 1.54) is 36.0 Å². The van der Waals surface area contributed by atoms with E-state index in [0.29, 0.717) is 17.3 Å². The number of aryl methyl sites for hydroxylation is 1. The summed E-state index contributed by atoms with van der Waals surface area (Å²) in [7, 11) is 0. The van der Waals surface area contributed by atoms with Crippen molar-refractivity contribution in [2.45, 2.75) is 30.3 Å². The molecule has 0 atom stereocenters. The first-order valence-electron chi connectivity index (χ1n) is 11.6. The number of nitrogens with zero attached hydrogens (tertiary/aromatic N) is 1. The lowest BCUT2D eigenvalue weighted by atomic mass is 10.2. The summed E-state index contributed by atoms with van der Waals surface area (Å²) in [6, 6.07) is 15.8. The van der Waals surface area contributed by atoms with Gasteiger partial charge in [-0.05, 0) is 67.6 Å². The minimum absolute atomic E-state index is 0.102. The summed E-state index contributed by atoms with van der Waals surface area (Å²) in [5.74, 6) is -1.40. The molecule has 1 saturated heterocycles. The molecule has 1 fully saturated rings. The zero-order valence-electron chi connectivity index (χ0n) is 20.5. The first kappa shape index (κ1) is 27.6. The van der Waals surface area contributed by atoms with Crippen molar-refractivity contribution in [1.82, 2.24) is 4.90 Å². The fourth-order valence-corrected chi connectivity index (χ4v) is 5.12. The smallest absolute Gasteiger partial charge is 0.339 e. The van der Waals surface area contributed by atoms with Crippen LogP contribution in [0.2, 0.25) is 5.02 Å². The van der Waals surface area contributed by atoms with Crippen LogP contribution in [0.15, 0.2) is 73.9 Å². The zero-order chi connectivity index (χ0) is 27.2. The van der Waals surface area contributed by atoms with Gasteiger partial charge in [-0.1, -0.05) is 48.0 Å². The van der Waals surface area contributed by atoms with Crippen molar-refractivity contribution >= 4 is 69.9 Å². The maximum Gasteiger partial charge on any atom is 0.339 e. The van der Waals surface area contributed by atoms with Crippen molar-refractivity contribution < 1.29 is 28.3 Å². The number of halogens is 1. The predicted octanol–water partition coefficient (Wildman–Crippen LogP) is 6.63. The Morgan fingerprint density at radius 3 is 2.63 bits per heavy atom. The fourth-order valence-electron chi connectivity index (χ4n) is 3.33. The number of hydrogen-bond acceptors (Lipinski definition) is 8. The van der Waals surface area contributed by atoms with Gasteiger partial charge in [0.05, 0.1) is 22.1 Å². The van der Waals surface area contributed by atoms with E-state index >= 15 is 0 Å². The van der Waals surface area contributed by atoms with E-state index in [0.717, 1.165) is 27.1 Å². The third-order valence-electron chi connectivity index (χ3n) is 5.20. The molecule has 1 aromatic heterocycles. The highest BCUT2D eigenvalue weighted by Crippen LogP contribution is 2.34. The van der Waals surface area contributed by atoms with Crippen LogP contribution in [-0.4, -0.2) is 41.1 Å². The second-order valence-corrected chi connectivity index (χ2v) is 10.7. The van der Waals surface area contributed by atoms with Gasteiger partial charge in [0, 0.05) is 16.7 Å². The molecule has 38 heavy (non-hydrogen) atoms. The fraction of sp³-hybridized carbons (Fsp3) is 0.185. The Balaban J connectivity index is 1.38. The summed E-state index contributed by atoms with van der Waals surface area (Å²) in [4.78, 5) is 52.1. The molecule has 4 rings (SSSR count). The van der Waals surface area contributed by atoms with Crippen LogP contribution in [0.3, 0.4) is 0 Å². The lowest BCUT2D eigenvalue weighted by molar-refractivity contribution is -0.127. The van der Waals surface area contributed by atoms with Gasteiger partial charge in [0.2, 0.25) is 5.91 Å². The van der Waals surface area contributed by atoms with E-state index in [9.17, 15) is 19.2 Å². The predicted molar refractivity (Wildman–Crippen MR) is 147 cm³/mol. The normalized spacial score (nSPS) is 14.3. The number of anilines is 1. The third kappa shape index (κ3) is 6.89. The van der Waals surface area contributed by atoms with Crippen LogP contribution in [0.5, 0.6) is 0 Å². The van der Waals surface area contributed by atoms with E-state index < -0.39 is 29.6 Å². The average molecular weight is 571 g/mol. The molecular weight excluding hydrogens is 548 g/mol. The summed E-state index contributed by atoms with van der Waals surface area (Å²) in [5.41, 5.74) is 1.54. The van der Waals surface area contributed by atoms with Crippen molar-refractivity contribution in [1.29, 1.82) is 0 Å². The van der Waals surface area contributed by atoms with Crippen molar-refractivity contribution in [3.05, 3.63) is 81.4 Å².